The molecule has 0 aliphatic heterocycles. The summed E-state index contributed by atoms with van der Waals surface area (Å²) in [5, 5.41) is 2.47. The van der Waals surface area contributed by atoms with Gasteiger partial charge in [0.1, 0.15) is 11.5 Å². The average Bonchev–Trinajstić information content (AvgIpc) is 3.16. The first-order chi connectivity index (χ1) is 18.1. The van der Waals surface area contributed by atoms with Crippen molar-refractivity contribution in [2.24, 2.45) is 0 Å². The fourth-order valence-corrected chi connectivity index (χ4v) is 5.76. The van der Waals surface area contributed by atoms with Gasteiger partial charge in [0.05, 0.1) is 22.9 Å². The molecule has 0 N–H and O–H groups in total. The SMILES string of the molecule is CC1=C[C+](C=c2ccc(=Cc3cc(C)c4cc(C(C)C)ccc(C)c3-4)cc2)c2c1cc(C(C)C)cc[c+]2C. The van der Waals surface area contributed by atoms with Crippen LogP contribution in [0.4, 0.5) is 0 Å². The van der Waals surface area contributed by atoms with Crippen LogP contribution in [0.25, 0.3) is 28.9 Å². The molecule has 0 bridgehead atoms. The van der Waals surface area contributed by atoms with Gasteiger partial charge in [0.15, 0.2) is 5.56 Å². The molecule has 0 amide bonds. The molecule has 0 radical (unpaired) electrons. The Labute approximate surface area is 229 Å². The third-order valence-corrected chi connectivity index (χ3v) is 8.09. The first-order valence-electron chi connectivity index (χ1n) is 14.0. The topological polar surface area (TPSA) is 0 Å². The molecule has 3 aliphatic rings. The summed E-state index contributed by atoms with van der Waals surface area (Å²) < 4.78 is 0. The predicted molar refractivity (Wildman–Crippen MR) is 166 cm³/mol. The zero-order valence-corrected chi connectivity index (χ0v) is 24.2. The Balaban J connectivity index is 1.52. The van der Waals surface area contributed by atoms with E-state index in [4.69, 9.17) is 0 Å². The van der Waals surface area contributed by atoms with E-state index in [2.05, 4.69) is 140 Å². The highest BCUT2D eigenvalue weighted by atomic mass is 14.3. The summed E-state index contributed by atoms with van der Waals surface area (Å²) in [6.45, 7) is 18.0. The first kappa shape index (κ1) is 26.0. The minimum absolute atomic E-state index is 0.516. The van der Waals surface area contributed by atoms with Gasteiger partial charge in [-0.25, -0.2) is 0 Å². The van der Waals surface area contributed by atoms with Gasteiger partial charge in [-0.05, 0) is 94.1 Å². The van der Waals surface area contributed by atoms with Gasteiger partial charge in [-0.2, -0.15) is 0 Å². The fourth-order valence-electron chi connectivity index (χ4n) is 5.76. The van der Waals surface area contributed by atoms with Crippen LogP contribution in [0.1, 0.15) is 91.0 Å². The molecule has 0 saturated carbocycles. The monoisotopic (exact) mass is 496 g/mol. The summed E-state index contributed by atoms with van der Waals surface area (Å²) >= 11 is 0. The minimum atomic E-state index is 0.516. The quantitative estimate of drug-likeness (QED) is 0.247. The van der Waals surface area contributed by atoms with Crippen molar-refractivity contribution < 1.29 is 0 Å². The molecule has 2 aromatic rings. The van der Waals surface area contributed by atoms with Crippen LogP contribution in [-0.2, 0) is 0 Å². The number of allylic oxidation sites excluding steroid dienone is 2. The van der Waals surface area contributed by atoms with Crippen molar-refractivity contribution >= 4 is 17.7 Å². The number of rotatable bonds is 4. The second-order valence-corrected chi connectivity index (χ2v) is 11.7. The van der Waals surface area contributed by atoms with E-state index in [-0.39, 0.29) is 0 Å². The molecule has 38 heavy (non-hydrogen) atoms. The summed E-state index contributed by atoms with van der Waals surface area (Å²) in [6, 6.07) is 25.2. The normalized spacial score (nSPS) is 12.8. The number of benzene rings is 1. The van der Waals surface area contributed by atoms with Crippen molar-refractivity contribution in [3.63, 3.8) is 0 Å². The summed E-state index contributed by atoms with van der Waals surface area (Å²) in [7, 11) is 0. The Hall–Kier alpha value is -3.64. The highest BCUT2D eigenvalue weighted by Gasteiger charge is 2.36. The van der Waals surface area contributed by atoms with Crippen molar-refractivity contribution in [3.05, 3.63) is 134 Å². The molecular weight excluding hydrogens is 456 g/mol. The van der Waals surface area contributed by atoms with Crippen LogP contribution in [-0.4, -0.2) is 0 Å². The van der Waals surface area contributed by atoms with Crippen LogP contribution in [0.3, 0.4) is 0 Å². The molecule has 3 aliphatic carbocycles. The molecule has 190 valence electrons. The third-order valence-electron chi connectivity index (χ3n) is 8.09. The molecular formula is C38H40+2. The molecule has 0 atom stereocenters. The van der Waals surface area contributed by atoms with Crippen LogP contribution in [0.2, 0.25) is 0 Å². The van der Waals surface area contributed by atoms with Crippen LogP contribution in [0.15, 0.2) is 72.8 Å². The fraction of sp³-hybridized carbons (Fsp3) is 0.263. The number of fused-ring (bicyclic) bond motifs is 2. The van der Waals surface area contributed by atoms with E-state index in [1.165, 1.54) is 77.6 Å². The molecule has 0 heterocycles. The third kappa shape index (κ3) is 4.93. The number of hydrogen-bond donors (Lipinski definition) is 0. The van der Waals surface area contributed by atoms with Crippen LogP contribution in [0, 0.1) is 26.7 Å². The highest BCUT2D eigenvalue weighted by Crippen LogP contribution is 2.39. The Bertz CT molecular complexity index is 1630. The molecule has 0 fully saturated rings. The number of hydrogen-bond acceptors (Lipinski definition) is 0. The van der Waals surface area contributed by atoms with Crippen molar-refractivity contribution in [2.75, 3.05) is 0 Å². The Morgan fingerprint density at radius 1 is 0.684 bits per heavy atom. The molecule has 0 heteroatoms. The smallest absolute Gasteiger partial charge is 0.0587 e. The maximum atomic E-state index is 2.38. The van der Waals surface area contributed by atoms with E-state index in [9.17, 15) is 0 Å². The zero-order valence-electron chi connectivity index (χ0n) is 24.2. The van der Waals surface area contributed by atoms with E-state index < -0.39 is 0 Å². The van der Waals surface area contributed by atoms with Gasteiger partial charge in [0.25, 0.3) is 0 Å². The second-order valence-electron chi connectivity index (χ2n) is 11.7. The molecule has 2 aromatic carbocycles. The standard InChI is InChI=1S/C38H40/c1-23(2)31-15-9-25(5)37-33(17-27(7)35(37)21-31)19-29-11-13-30(14-12-29)20-34-18-28(8)36-22-32(24(3)4)16-10-26(6)38(34)36/h9-24H,1-8H3/q+2. The van der Waals surface area contributed by atoms with E-state index in [1.807, 2.05) is 0 Å². The Morgan fingerprint density at radius 3 is 2.00 bits per heavy atom. The van der Waals surface area contributed by atoms with Gasteiger partial charge < -0.3 is 0 Å². The Morgan fingerprint density at radius 2 is 1.32 bits per heavy atom. The van der Waals surface area contributed by atoms with Crippen LogP contribution in [0.5, 0.6) is 0 Å². The summed E-state index contributed by atoms with van der Waals surface area (Å²) in [6.07, 6.45) is 7.01. The molecule has 5 rings (SSSR count). The Kier molecular flexibility index (Phi) is 7.01. The van der Waals surface area contributed by atoms with Gasteiger partial charge in [-0.15, -0.1) is 0 Å². The van der Waals surface area contributed by atoms with Crippen LogP contribution < -0.4 is 10.4 Å². The van der Waals surface area contributed by atoms with E-state index >= 15 is 0 Å². The molecule has 0 unspecified atom stereocenters. The predicted octanol–water partition coefficient (Wildman–Crippen LogP) is 8.89. The molecule has 0 saturated heterocycles. The van der Waals surface area contributed by atoms with Gasteiger partial charge in [0, 0.05) is 38.1 Å². The summed E-state index contributed by atoms with van der Waals surface area (Å²) in [4.78, 5) is 0. The summed E-state index contributed by atoms with van der Waals surface area (Å²) in [5.74, 6) is 2.34. The molecule has 0 spiro atoms. The van der Waals surface area contributed by atoms with Crippen LogP contribution >= 0.6 is 0 Å². The minimum Gasteiger partial charge on any atom is -0.0587 e. The van der Waals surface area contributed by atoms with E-state index in [0.717, 1.165) is 0 Å². The van der Waals surface area contributed by atoms with Gasteiger partial charge in [0.2, 0.25) is 5.56 Å². The molecule has 0 aromatic heterocycles. The molecule has 0 nitrogen and oxygen atoms in total. The number of aryl methyl sites for hydroxylation is 3. The maximum Gasteiger partial charge on any atom is 0.202 e. The lowest BCUT2D eigenvalue weighted by molar-refractivity contribution is 0.868. The largest absolute Gasteiger partial charge is 0.202 e. The average molecular weight is 497 g/mol. The van der Waals surface area contributed by atoms with Crippen molar-refractivity contribution in [1.29, 1.82) is 0 Å². The first-order valence-corrected chi connectivity index (χ1v) is 14.0. The van der Waals surface area contributed by atoms with Crippen molar-refractivity contribution in [2.45, 2.75) is 67.2 Å². The maximum absolute atomic E-state index is 2.38. The second kappa shape index (κ2) is 10.3. The van der Waals surface area contributed by atoms with E-state index in [0.29, 0.717) is 11.8 Å². The van der Waals surface area contributed by atoms with Gasteiger partial charge in [-0.1, -0.05) is 52.0 Å². The van der Waals surface area contributed by atoms with Gasteiger partial charge >= 0.3 is 0 Å². The summed E-state index contributed by atoms with van der Waals surface area (Å²) in [5.41, 5.74) is 14.9. The lowest BCUT2D eigenvalue weighted by Gasteiger charge is -2.04. The van der Waals surface area contributed by atoms with Crippen molar-refractivity contribution in [3.8, 4) is 11.1 Å². The highest BCUT2D eigenvalue weighted by molar-refractivity contribution is 5.85. The lowest BCUT2D eigenvalue weighted by atomic mass is 9.96. The van der Waals surface area contributed by atoms with Gasteiger partial charge in [-0.3, -0.25) is 0 Å². The van der Waals surface area contributed by atoms with E-state index in [1.54, 1.807) is 0 Å². The lowest BCUT2D eigenvalue weighted by Crippen LogP contribution is -2.09. The zero-order chi connectivity index (χ0) is 27.1. The van der Waals surface area contributed by atoms with Crippen molar-refractivity contribution in [1.82, 2.24) is 0 Å².